The third-order valence-corrected chi connectivity index (χ3v) is 1.84. The molecule has 1 aliphatic carbocycles. The normalized spacial score (nSPS) is 23.9. The minimum absolute atomic E-state index is 0. The van der Waals surface area contributed by atoms with Crippen LogP contribution in [0.4, 0.5) is 0 Å². The Morgan fingerprint density at radius 1 is 1.31 bits per heavy atom. The molecule has 1 saturated carbocycles. The summed E-state index contributed by atoms with van der Waals surface area (Å²) in [6.07, 6.45) is 1.51. The van der Waals surface area contributed by atoms with Gasteiger partial charge in [0.05, 0.1) is 6.04 Å². The standard InChI is InChI=1S/C7H13NO.2C2H6.H2/c1-7(2)3-5(8)6(9)4-7;2*1-2;/h5H,3-4,8H2,1-2H3;2*1-2H3;1H/t5-;;;/m0.../s1. The average molecular weight is 189 g/mol. The van der Waals surface area contributed by atoms with Gasteiger partial charge in [-0.15, -0.1) is 0 Å². The van der Waals surface area contributed by atoms with Gasteiger partial charge in [0.15, 0.2) is 0 Å². The van der Waals surface area contributed by atoms with Crippen LogP contribution in [0.3, 0.4) is 0 Å². The van der Waals surface area contributed by atoms with Crippen molar-refractivity contribution in [2.75, 3.05) is 0 Å². The molecule has 1 aliphatic rings. The quantitative estimate of drug-likeness (QED) is 0.636. The Morgan fingerprint density at radius 3 is 1.77 bits per heavy atom. The van der Waals surface area contributed by atoms with Crippen LogP contribution in [0.2, 0.25) is 0 Å². The molecule has 0 aromatic carbocycles. The van der Waals surface area contributed by atoms with E-state index in [4.69, 9.17) is 5.73 Å². The number of Topliss-reactive ketones (excluding diaryl/α,β-unsaturated/α-hetero) is 1. The third-order valence-electron chi connectivity index (χ3n) is 1.84. The minimum atomic E-state index is -0.181. The Balaban J connectivity index is -0.000000216. The maximum atomic E-state index is 10.9. The highest BCUT2D eigenvalue weighted by Crippen LogP contribution is 2.33. The van der Waals surface area contributed by atoms with Crippen molar-refractivity contribution in [2.24, 2.45) is 11.1 Å². The molecular weight excluding hydrogens is 162 g/mol. The summed E-state index contributed by atoms with van der Waals surface area (Å²) in [6, 6.07) is -0.181. The van der Waals surface area contributed by atoms with Gasteiger partial charge in [-0.05, 0) is 11.8 Å². The predicted octanol–water partition coefficient (Wildman–Crippen LogP) is 3.00. The van der Waals surface area contributed by atoms with Gasteiger partial charge in [-0.25, -0.2) is 0 Å². The van der Waals surface area contributed by atoms with Crippen LogP contribution in [0.5, 0.6) is 0 Å². The average Bonchev–Trinajstić information content (AvgIpc) is 2.32. The molecule has 1 rings (SSSR count). The van der Waals surface area contributed by atoms with Crippen LogP contribution in [-0.2, 0) is 4.79 Å². The fraction of sp³-hybridized carbons (Fsp3) is 0.909. The molecule has 0 aromatic heterocycles. The lowest BCUT2D eigenvalue weighted by molar-refractivity contribution is -0.118. The lowest BCUT2D eigenvalue weighted by Crippen LogP contribution is -2.24. The van der Waals surface area contributed by atoms with Gasteiger partial charge in [0.2, 0.25) is 0 Å². The molecule has 0 aliphatic heterocycles. The van der Waals surface area contributed by atoms with Crippen LogP contribution < -0.4 is 5.73 Å². The second-order valence-corrected chi connectivity index (χ2v) is 3.62. The molecule has 1 atom stereocenters. The maximum absolute atomic E-state index is 10.9. The van der Waals surface area contributed by atoms with Crippen LogP contribution in [0.15, 0.2) is 0 Å². The van der Waals surface area contributed by atoms with Crippen molar-refractivity contribution in [3.8, 4) is 0 Å². The molecule has 0 unspecified atom stereocenters. The van der Waals surface area contributed by atoms with Gasteiger partial charge < -0.3 is 5.73 Å². The van der Waals surface area contributed by atoms with Gasteiger partial charge in [0, 0.05) is 7.85 Å². The first-order chi connectivity index (χ1) is 6.01. The molecule has 0 saturated heterocycles. The van der Waals surface area contributed by atoms with Crippen molar-refractivity contribution in [3.05, 3.63) is 0 Å². The van der Waals surface area contributed by atoms with Crippen molar-refractivity contribution >= 4 is 5.78 Å². The Kier molecular flexibility index (Phi) is 8.23. The lowest BCUT2D eigenvalue weighted by Gasteiger charge is -2.13. The molecular formula is C11H27NO. The highest BCUT2D eigenvalue weighted by atomic mass is 16.1. The van der Waals surface area contributed by atoms with E-state index < -0.39 is 0 Å². The van der Waals surface area contributed by atoms with Crippen molar-refractivity contribution in [1.82, 2.24) is 0 Å². The number of nitrogens with two attached hydrogens (primary N) is 1. The summed E-state index contributed by atoms with van der Waals surface area (Å²) in [4.78, 5) is 10.9. The SMILES string of the molecule is CC.CC.CC1(C)CC(=O)[C@@H](N)C1.[HH]. The largest absolute Gasteiger partial charge is 0.321 e. The molecule has 82 valence electrons. The molecule has 0 bridgehead atoms. The Labute approximate surface area is 84.4 Å². The molecule has 0 aromatic rings. The Bertz CT molecular complexity index is 146. The summed E-state index contributed by atoms with van der Waals surface area (Å²) in [5.74, 6) is 0.222. The summed E-state index contributed by atoms with van der Waals surface area (Å²) in [5.41, 5.74) is 5.67. The molecule has 2 N–H and O–H groups in total. The summed E-state index contributed by atoms with van der Waals surface area (Å²) >= 11 is 0. The number of hydrogen-bond acceptors (Lipinski definition) is 2. The molecule has 2 nitrogen and oxygen atoms in total. The van der Waals surface area contributed by atoms with Gasteiger partial charge in [0.1, 0.15) is 5.78 Å². The second kappa shape index (κ2) is 7.07. The van der Waals surface area contributed by atoms with E-state index in [0.29, 0.717) is 6.42 Å². The second-order valence-electron chi connectivity index (χ2n) is 3.62. The van der Waals surface area contributed by atoms with Gasteiger partial charge in [-0.1, -0.05) is 41.5 Å². The Morgan fingerprint density at radius 2 is 1.69 bits per heavy atom. The molecule has 0 radical (unpaired) electrons. The van der Waals surface area contributed by atoms with E-state index in [2.05, 4.69) is 13.8 Å². The first-order valence-corrected chi connectivity index (χ1v) is 5.30. The van der Waals surface area contributed by atoms with E-state index in [1.165, 1.54) is 0 Å². The fourth-order valence-corrected chi connectivity index (χ4v) is 1.38. The number of ketones is 1. The zero-order valence-corrected chi connectivity index (χ0v) is 9.98. The monoisotopic (exact) mass is 189 g/mol. The number of carbonyl (C=O) groups is 1. The topological polar surface area (TPSA) is 43.1 Å². The molecule has 1 fully saturated rings. The number of carbonyl (C=O) groups excluding carboxylic acids is 1. The number of hydrogen-bond donors (Lipinski definition) is 1. The van der Waals surface area contributed by atoms with Crippen molar-refractivity contribution < 1.29 is 6.22 Å². The summed E-state index contributed by atoms with van der Waals surface area (Å²) in [7, 11) is 0. The van der Waals surface area contributed by atoms with Crippen LogP contribution in [0.1, 0.15) is 55.8 Å². The van der Waals surface area contributed by atoms with E-state index in [0.717, 1.165) is 6.42 Å². The van der Waals surface area contributed by atoms with Crippen LogP contribution >= 0.6 is 0 Å². The summed E-state index contributed by atoms with van der Waals surface area (Å²) < 4.78 is 0. The van der Waals surface area contributed by atoms with E-state index in [1.807, 2.05) is 27.7 Å². The van der Waals surface area contributed by atoms with Gasteiger partial charge in [0.25, 0.3) is 0 Å². The molecule has 0 amide bonds. The van der Waals surface area contributed by atoms with Crippen molar-refractivity contribution in [1.29, 1.82) is 0 Å². The Hall–Kier alpha value is -0.370. The fourth-order valence-electron chi connectivity index (χ4n) is 1.38. The highest BCUT2D eigenvalue weighted by molar-refractivity contribution is 5.86. The summed E-state index contributed by atoms with van der Waals surface area (Å²) in [6.45, 7) is 12.2. The molecule has 2 heteroatoms. The highest BCUT2D eigenvalue weighted by Gasteiger charge is 2.35. The van der Waals surface area contributed by atoms with Gasteiger partial charge >= 0.3 is 0 Å². The zero-order valence-electron chi connectivity index (χ0n) is 9.98. The van der Waals surface area contributed by atoms with Crippen LogP contribution in [0.25, 0.3) is 0 Å². The minimum Gasteiger partial charge on any atom is -0.321 e. The first kappa shape index (κ1) is 15.1. The maximum Gasteiger partial charge on any atom is 0.150 e. The smallest absolute Gasteiger partial charge is 0.150 e. The third kappa shape index (κ3) is 5.81. The van der Waals surface area contributed by atoms with Crippen LogP contribution in [-0.4, -0.2) is 11.8 Å². The molecule has 13 heavy (non-hydrogen) atoms. The van der Waals surface area contributed by atoms with Crippen molar-refractivity contribution in [2.45, 2.75) is 60.4 Å². The van der Waals surface area contributed by atoms with E-state index in [-0.39, 0.29) is 18.7 Å². The van der Waals surface area contributed by atoms with E-state index in [1.54, 1.807) is 0 Å². The first-order valence-electron chi connectivity index (χ1n) is 5.30. The van der Waals surface area contributed by atoms with Gasteiger partial charge in [-0.2, -0.15) is 0 Å². The van der Waals surface area contributed by atoms with Crippen LogP contribution in [0, 0.1) is 5.41 Å². The van der Waals surface area contributed by atoms with E-state index >= 15 is 0 Å². The summed E-state index contributed by atoms with van der Waals surface area (Å²) in [5, 5.41) is 0. The molecule has 0 spiro atoms. The van der Waals surface area contributed by atoms with Gasteiger partial charge in [-0.3, -0.25) is 4.79 Å². The molecule has 0 heterocycles. The predicted molar refractivity (Wildman–Crippen MR) is 60.8 cm³/mol. The number of rotatable bonds is 0. The van der Waals surface area contributed by atoms with Crippen molar-refractivity contribution in [3.63, 3.8) is 0 Å². The van der Waals surface area contributed by atoms with E-state index in [9.17, 15) is 4.79 Å². The lowest BCUT2D eigenvalue weighted by atomic mass is 9.92. The zero-order chi connectivity index (χ0) is 11.1.